The fraction of sp³-hybridized carbons (Fsp3) is 0.257. The van der Waals surface area contributed by atoms with Crippen molar-refractivity contribution in [2.75, 3.05) is 10.8 Å². The number of nitrogens with zero attached hydrogens (tertiary/aromatic N) is 2. The van der Waals surface area contributed by atoms with Crippen LogP contribution in [-0.2, 0) is 38.8 Å². The highest BCUT2D eigenvalue weighted by Gasteiger charge is 2.37. The second-order valence-corrected chi connectivity index (χ2v) is 13.8. The predicted molar refractivity (Wildman–Crippen MR) is 171 cm³/mol. The van der Waals surface area contributed by atoms with E-state index in [4.69, 9.17) is 0 Å². The molecule has 7 nitrogen and oxygen atoms in total. The quantitative estimate of drug-likeness (QED) is 0.183. The molecule has 4 aromatic rings. The molecule has 248 valence electrons. The zero-order chi connectivity index (χ0) is 34.4. The minimum Gasteiger partial charge on any atom is -0.350 e. The molecule has 4 aromatic carbocycles. The highest BCUT2D eigenvalue weighted by atomic mass is 32.2. The van der Waals surface area contributed by atoms with Gasteiger partial charge in [-0.2, -0.15) is 13.2 Å². The van der Waals surface area contributed by atoms with Crippen LogP contribution in [-0.4, -0.2) is 43.3 Å². The molecule has 0 bridgehead atoms. The predicted octanol–water partition coefficient (Wildman–Crippen LogP) is 6.59. The van der Waals surface area contributed by atoms with Crippen molar-refractivity contribution in [2.45, 2.75) is 56.4 Å². The molecule has 0 aromatic heterocycles. The molecule has 0 spiro atoms. The third-order valence-corrected chi connectivity index (χ3v) is 8.93. The Morgan fingerprint density at radius 1 is 0.809 bits per heavy atom. The Bertz CT molecular complexity index is 1800. The van der Waals surface area contributed by atoms with Gasteiger partial charge in [-0.15, -0.1) is 0 Å². The van der Waals surface area contributed by atoms with Crippen molar-refractivity contribution >= 4 is 27.5 Å². The molecule has 1 atom stereocenters. The molecule has 0 saturated heterocycles. The highest BCUT2D eigenvalue weighted by molar-refractivity contribution is 7.92. The molecule has 0 saturated carbocycles. The van der Waals surface area contributed by atoms with Gasteiger partial charge in [0.05, 0.1) is 16.1 Å². The summed E-state index contributed by atoms with van der Waals surface area (Å²) in [5.41, 5.74) is -1.55. The van der Waals surface area contributed by atoms with E-state index in [0.29, 0.717) is 15.9 Å². The average molecular weight is 670 g/mol. The smallest absolute Gasteiger partial charge is 0.350 e. The molecular formula is C35H35F4N3O4S. The average Bonchev–Trinajstić information content (AvgIpc) is 3.02. The van der Waals surface area contributed by atoms with Crippen LogP contribution in [0.5, 0.6) is 0 Å². The van der Waals surface area contributed by atoms with Crippen LogP contribution in [0.25, 0.3) is 0 Å². The molecule has 0 radical (unpaired) electrons. The number of carbonyl (C=O) groups is 2. The number of hydrogen-bond donors (Lipinski definition) is 1. The lowest BCUT2D eigenvalue weighted by Crippen LogP contribution is -2.56. The van der Waals surface area contributed by atoms with E-state index < -0.39 is 69.8 Å². The molecule has 0 fully saturated rings. The van der Waals surface area contributed by atoms with Crippen molar-refractivity contribution in [3.8, 4) is 0 Å². The van der Waals surface area contributed by atoms with Crippen LogP contribution in [0.15, 0.2) is 114 Å². The first kappa shape index (κ1) is 35.1. The van der Waals surface area contributed by atoms with E-state index in [1.165, 1.54) is 42.5 Å². The molecule has 1 N–H and O–H groups in total. The molecule has 0 aliphatic carbocycles. The molecule has 0 aliphatic heterocycles. The summed E-state index contributed by atoms with van der Waals surface area (Å²) in [6.07, 6.45) is -4.82. The number of hydrogen-bond acceptors (Lipinski definition) is 4. The third-order valence-electron chi connectivity index (χ3n) is 7.14. The van der Waals surface area contributed by atoms with Gasteiger partial charge in [0.1, 0.15) is 18.4 Å². The number of halogens is 4. The lowest BCUT2D eigenvalue weighted by atomic mass is 10.0. The van der Waals surface area contributed by atoms with Gasteiger partial charge in [-0.3, -0.25) is 13.9 Å². The molecule has 4 rings (SSSR count). The Balaban J connectivity index is 1.86. The fourth-order valence-electron chi connectivity index (χ4n) is 4.90. The van der Waals surface area contributed by atoms with Gasteiger partial charge >= 0.3 is 6.18 Å². The first-order valence-corrected chi connectivity index (χ1v) is 16.1. The Hall–Kier alpha value is -4.71. The third kappa shape index (κ3) is 9.19. The molecular weight excluding hydrogens is 634 g/mol. The van der Waals surface area contributed by atoms with Crippen LogP contribution < -0.4 is 9.62 Å². The number of benzene rings is 4. The van der Waals surface area contributed by atoms with Crippen LogP contribution in [0.4, 0.5) is 23.2 Å². The molecule has 47 heavy (non-hydrogen) atoms. The molecule has 0 aliphatic rings. The van der Waals surface area contributed by atoms with Gasteiger partial charge in [0.2, 0.25) is 11.8 Å². The zero-order valence-corrected chi connectivity index (χ0v) is 26.9. The van der Waals surface area contributed by atoms with Crippen molar-refractivity contribution in [3.63, 3.8) is 0 Å². The molecule has 0 heterocycles. The zero-order valence-electron chi connectivity index (χ0n) is 26.0. The standard InChI is InChI=1S/C35H35F4N3O4S/c1-34(2,3)40-33(44)31(21-25-13-6-4-7-14-25)41(23-26-15-10-11-20-30(26)36)32(43)24-42(47(45,46)29-18-8-5-9-19-29)28-17-12-16-27(22-28)35(37,38)39/h4-20,22,31H,21,23-24H2,1-3H3,(H,40,44). The number of anilines is 1. The molecule has 2 amide bonds. The van der Waals surface area contributed by atoms with E-state index in [1.807, 2.05) is 0 Å². The second-order valence-electron chi connectivity index (χ2n) is 11.9. The Morgan fingerprint density at radius 3 is 2.00 bits per heavy atom. The van der Waals surface area contributed by atoms with E-state index in [0.717, 1.165) is 23.1 Å². The first-order chi connectivity index (χ1) is 22.1. The van der Waals surface area contributed by atoms with Gasteiger partial charge in [0.15, 0.2) is 0 Å². The summed E-state index contributed by atoms with van der Waals surface area (Å²) in [5, 5.41) is 2.86. The Kier molecular flexibility index (Phi) is 10.7. The van der Waals surface area contributed by atoms with E-state index in [-0.39, 0.29) is 16.9 Å². The number of alkyl halides is 3. The molecule has 1 unspecified atom stereocenters. The summed E-state index contributed by atoms with van der Waals surface area (Å²) >= 11 is 0. The second kappa shape index (κ2) is 14.4. The van der Waals surface area contributed by atoms with Crippen molar-refractivity contribution in [3.05, 3.63) is 132 Å². The van der Waals surface area contributed by atoms with Gasteiger partial charge < -0.3 is 10.2 Å². The lowest BCUT2D eigenvalue weighted by Gasteiger charge is -2.35. The highest BCUT2D eigenvalue weighted by Crippen LogP contribution is 2.33. The maximum Gasteiger partial charge on any atom is 0.416 e. The minimum absolute atomic E-state index is 0.0159. The van der Waals surface area contributed by atoms with Crippen LogP contribution >= 0.6 is 0 Å². The van der Waals surface area contributed by atoms with E-state index >= 15 is 4.39 Å². The normalized spacial score (nSPS) is 12.7. The number of carbonyl (C=O) groups excluding carboxylic acids is 2. The van der Waals surface area contributed by atoms with Crippen molar-refractivity contribution in [1.82, 2.24) is 10.2 Å². The summed E-state index contributed by atoms with van der Waals surface area (Å²) in [4.78, 5) is 29.1. The van der Waals surface area contributed by atoms with Crippen molar-refractivity contribution < 1.29 is 35.6 Å². The molecule has 12 heteroatoms. The van der Waals surface area contributed by atoms with E-state index in [1.54, 1.807) is 63.2 Å². The van der Waals surface area contributed by atoms with Gasteiger partial charge in [0, 0.05) is 24.1 Å². The largest absolute Gasteiger partial charge is 0.416 e. The van der Waals surface area contributed by atoms with Gasteiger partial charge in [-0.25, -0.2) is 12.8 Å². The fourth-order valence-corrected chi connectivity index (χ4v) is 6.33. The SMILES string of the molecule is CC(C)(C)NC(=O)C(Cc1ccccc1)N(Cc1ccccc1F)C(=O)CN(c1cccc(C(F)(F)F)c1)S(=O)(=O)c1ccccc1. The maximum atomic E-state index is 15.0. The number of sulfonamides is 1. The monoisotopic (exact) mass is 669 g/mol. The van der Waals surface area contributed by atoms with E-state index in [9.17, 15) is 31.2 Å². The van der Waals surface area contributed by atoms with Crippen LogP contribution in [0.3, 0.4) is 0 Å². The minimum atomic E-state index is -4.80. The van der Waals surface area contributed by atoms with Crippen LogP contribution in [0.2, 0.25) is 0 Å². The number of rotatable bonds is 11. The summed E-state index contributed by atoms with van der Waals surface area (Å²) in [6, 6.07) is 23.7. The first-order valence-electron chi connectivity index (χ1n) is 14.7. The van der Waals surface area contributed by atoms with Gasteiger partial charge in [-0.1, -0.05) is 72.8 Å². The van der Waals surface area contributed by atoms with E-state index in [2.05, 4.69) is 5.32 Å². The van der Waals surface area contributed by atoms with Crippen LogP contribution in [0, 0.1) is 5.82 Å². The summed E-state index contributed by atoms with van der Waals surface area (Å²) in [7, 11) is -4.62. The lowest BCUT2D eigenvalue weighted by molar-refractivity contribution is -0.140. The van der Waals surface area contributed by atoms with Crippen molar-refractivity contribution in [2.24, 2.45) is 0 Å². The maximum absolute atomic E-state index is 15.0. The number of amides is 2. The summed E-state index contributed by atoms with van der Waals surface area (Å²) < 4.78 is 84.8. The Morgan fingerprint density at radius 2 is 1.40 bits per heavy atom. The topological polar surface area (TPSA) is 86.8 Å². The Labute approximate surface area is 271 Å². The summed E-state index contributed by atoms with van der Waals surface area (Å²) in [5.74, 6) is -2.18. The van der Waals surface area contributed by atoms with Crippen molar-refractivity contribution in [1.29, 1.82) is 0 Å². The van der Waals surface area contributed by atoms with Crippen LogP contribution in [0.1, 0.15) is 37.5 Å². The van der Waals surface area contributed by atoms with Gasteiger partial charge in [-0.05, 0) is 62.7 Å². The number of nitrogens with one attached hydrogen (secondary N) is 1. The summed E-state index contributed by atoms with van der Waals surface area (Å²) in [6.45, 7) is 3.82. The van der Waals surface area contributed by atoms with Gasteiger partial charge in [0.25, 0.3) is 10.0 Å².